The average molecular weight is 414 g/mol. The molecule has 2 heterocycles. The number of nitrogens with zero attached hydrogens (tertiary/aromatic N) is 2. The van der Waals surface area contributed by atoms with Crippen molar-refractivity contribution in [3.05, 3.63) is 60.1 Å². The third-order valence-corrected chi connectivity index (χ3v) is 6.12. The van der Waals surface area contributed by atoms with Gasteiger partial charge < -0.3 is 14.1 Å². The Balaban J connectivity index is 1.73. The van der Waals surface area contributed by atoms with Crippen molar-refractivity contribution in [2.24, 2.45) is 0 Å². The fourth-order valence-corrected chi connectivity index (χ4v) is 4.75. The zero-order chi connectivity index (χ0) is 20.9. The van der Waals surface area contributed by atoms with Gasteiger partial charge in [-0.1, -0.05) is 18.2 Å². The Labute approximate surface area is 167 Å². The molecule has 0 saturated carbocycles. The molecule has 0 spiro atoms. The number of para-hydroxylation sites is 1. The van der Waals surface area contributed by atoms with Gasteiger partial charge >= 0.3 is 5.97 Å². The summed E-state index contributed by atoms with van der Waals surface area (Å²) in [5, 5.41) is 9.16. The van der Waals surface area contributed by atoms with Crippen molar-refractivity contribution < 1.29 is 27.2 Å². The zero-order valence-corrected chi connectivity index (χ0v) is 16.2. The number of hydrogen-bond acceptors (Lipinski definition) is 7. The molecule has 1 fully saturated rings. The smallest absolute Gasteiger partial charge is 0.349 e. The van der Waals surface area contributed by atoms with Gasteiger partial charge in [0.1, 0.15) is 17.4 Å². The van der Waals surface area contributed by atoms with Gasteiger partial charge in [-0.2, -0.15) is 5.26 Å². The van der Waals surface area contributed by atoms with E-state index in [1.165, 1.54) is 17.2 Å². The van der Waals surface area contributed by atoms with Crippen LogP contribution in [-0.4, -0.2) is 44.4 Å². The van der Waals surface area contributed by atoms with Crippen LogP contribution in [0, 0.1) is 11.3 Å². The summed E-state index contributed by atoms with van der Waals surface area (Å²) in [6.45, 7) is -0.624. The molecule has 1 aromatic heterocycles. The van der Waals surface area contributed by atoms with Gasteiger partial charge in [-0.3, -0.25) is 4.79 Å². The van der Waals surface area contributed by atoms with E-state index in [-0.39, 0.29) is 17.1 Å². The van der Waals surface area contributed by atoms with Crippen LogP contribution in [0.5, 0.6) is 0 Å². The standard InChI is InChI=1S/C20H18N2O6S/c21-12-15(11-18-7-4-9-27-18)20(24)28-13-19(23)22(16-5-2-1-3-6-16)17-8-10-29(25,26)14-17/h1-7,9,11,17H,8,10,13-14H2/b15-11+/t17-/m0/s1. The first-order chi connectivity index (χ1) is 13.9. The number of anilines is 1. The lowest BCUT2D eigenvalue weighted by Crippen LogP contribution is -2.43. The number of carbonyl (C=O) groups excluding carboxylic acids is 2. The first-order valence-corrected chi connectivity index (χ1v) is 10.6. The predicted octanol–water partition coefficient (Wildman–Crippen LogP) is 1.95. The van der Waals surface area contributed by atoms with Crippen molar-refractivity contribution in [3.8, 4) is 6.07 Å². The van der Waals surface area contributed by atoms with Crippen LogP contribution in [-0.2, 0) is 24.2 Å². The molecule has 0 unspecified atom stereocenters. The molecule has 29 heavy (non-hydrogen) atoms. The van der Waals surface area contributed by atoms with Gasteiger partial charge in [0.05, 0.1) is 23.8 Å². The van der Waals surface area contributed by atoms with Crippen LogP contribution < -0.4 is 4.90 Å². The number of esters is 1. The molecule has 0 radical (unpaired) electrons. The lowest BCUT2D eigenvalue weighted by Gasteiger charge is -2.28. The number of amides is 1. The van der Waals surface area contributed by atoms with E-state index >= 15 is 0 Å². The van der Waals surface area contributed by atoms with Crippen LogP contribution in [0.1, 0.15) is 12.2 Å². The molecular weight excluding hydrogens is 396 g/mol. The van der Waals surface area contributed by atoms with E-state index < -0.39 is 34.4 Å². The summed E-state index contributed by atoms with van der Waals surface area (Å²) in [6.07, 6.45) is 2.91. The Morgan fingerprint density at radius 2 is 2.00 bits per heavy atom. The highest BCUT2D eigenvalue weighted by atomic mass is 32.2. The molecule has 0 aliphatic carbocycles. The van der Waals surface area contributed by atoms with Gasteiger partial charge in [0, 0.05) is 11.8 Å². The van der Waals surface area contributed by atoms with Crippen molar-refractivity contribution >= 4 is 33.5 Å². The van der Waals surface area contributed by atoms with Crippen molar-refractivity contribution in [1.82, 2.24) is 0 Å². The van der Waals surface area contributed by atoms with Crippen LogP contribution in [0.2, 0.25) is 0 Å². The maximum Gasteiger partial charge on any atom is 0.349 e. The van der Waals surface area contributed by atoms with E-state index in [0.29, 0.717) is 17.9 Å². The molecule has 1 aliphatic rings. The number of nitriles is 1. The van der Waals surface area contributed by atoms with Crippen LogP contribution in [0.4, 0.5) is 5.69 Å². The lowest BCUT2D eigenvalue weighted by atomic mass is 10.2. The second kappa shape index (κ2) is 8.75. The van der Waals surface area contributed by atoms with Crippen molar-refractivity contribution in [1.29, 1.82) is 5.26 Å². The molecule has 0 bridgehead atoms. The van der Waals surface area contributed by atoms with Gasteiger partial charge in [0.2, 0.25) is 0 Å². The van der Waals surface area contributed by atoms with Gasteiger partial charge in [-0.05, 0) is 30.7 Å². The third kappa shape index (κ3) is 5.12. The van der Waals surface area contributed by atoms with E-state index in [0.717, 1.165) is 0 Å². The molecule has 1 saturated heterocycles. The third-order valence-electron chi connectivity index (χ3n) is 4.37. The summed E-state index contributed by atoms with van der Waals surface area (Å²) in [5.74, 6) is -1.39. The number of benzene rings is 1. The highest BCUT2D eigenvalue weighted by Crippen LogP contribution is 2.24. The van der Waals surface area contributed by atoms with Crippen LogP contribution in [0.25, 0.3) is 6.08 Å². The first-order valence-electron chi connectivity index (χ1n) is 8.79. The van der Waals surface area contributed by atoms with Gasteiger partial charge in [0.15, 0.2) is 16.4 Å². The Morgan fingerprint density at radius 3 is 2.59 bits per heavy atom. The number of sulfone groups is 1. The molecule has 150 valence electrons. The molecule has 2 aromatic rings. The summed E-state index contributed by atoms with van der Waals surface area (Å²) in [7, 11) is -3.22. The average Bonchev–Trinajstić information content (AvgIpc) is 3.34. The Bertz CT molecular complexity index is 1050. The Kier molecular flexibility index (Phi) is 6.14. The zero-order valence-electron chi connectivity index (χ0n) is 15.4. The largest absolute Gasteiger partial charge is 0.465 e. The topological polar surface area (TPSA) is 118 Å². The van der Waals surface area contributed by atoms with E-state index in [1.807, 2.05) is 0 Å². The molecule has 1 aliphatic heterocycles. The minimum Gasteiger partial charge on any atom is -0.465 e. The Morgan fingerprint density at radius 1 is 1.24 bits per heavy atom. The molecular formula is C20H18N2O6S. The SMILES string of the molecule is N#C/C(=C\c1ccco1)C(=O)OCC(=O)N(c1ccccc1)[C@H]1CCS(=O)(=O)C1. The maximum atomic E-state index is 12.8. The Hall–Kier alpha value is -3.38. The maximum absolute atomic E-state index is 12.8. The number of rotatable bonds is 6. The monoisotopic (exact) mass is 414 g/mol. The summed E-state index contributed by atoms with van der Waals surface area (Å²) < 4.78 is 33.8. The molecule has 8 nitrogen and oxygen atoms in total. The molecule has 1 atom stereocenters. The normalized spacial score (nSPS) is 18.0. The second-order valence-electron chi connectivity index (χ2n) is 6.42. The van der Waals surface area contributed by atoms with Crippen molar-refractivity contribution in [2.45, 2.75) is 12.5 Å². The molecule has 1 aromatic carbocycles. The molecule has 9 heteroatoms. The molecule has 1 amide bonds. The van der Waals surface area contributed by atoms with E-state index in [2.05, 4.69) is 0 Å². The summed E-state index contributed by atoms with van der Waals surface area (Å²) in [5.41, 5.74) is 0.199. The van der Waals surface area contributed by atoms with Gasteiger partial charge in [-0.25, -0.2) is 13.2 Å². The van der Waals surface area contributed by atoms with E-state index in [1.54, 1.807) is 48.5 Å². The van der Waals surface area contributed by atoms with Gasteiger partial charge in [0.25, 0.3) is 5.91 Å². The number of ether oxygens (including phenoxy) is 1. The van der Waals surface area contributed by atoms with E-state index in [9.17, 15) is 18.0 Å². The van der Waals surface area contributed by atoms with E-state index in [4.69, 9.17) is 14.4 Å². The minimum atomic E-state index is -3.22. The van der Waals surface area contributed by atoms with Crippen LogP contribution >= 0.6 is 0 Å². The number of furan rings is 1. The fraction of sp³-hybridized carbons (Fsp3) is 0.250. The summed E-state index contributed by atoms with van der Waals surface area (Å²) in [4.78, 5) is 26.3. The second-order valence-corrected chi connectivity index (χ2v) is 8.65. The number of hydrogen-bond donors (Lipinski definition) is 0. The first kappa shape index (κ1) is 20.4. The van der Waals surface area contributed by atoms with Crippen LogP contribution in [0.3, 0.4) is 0 Å². The highest BCUT2D eigenvalue weighted by molar-refractivity contribution is 7.91. The molecule has 3 rings (SSSR count). The van der Waals surface area contributed by atoms with Crippen molar-refractivity contribution in [2.75, 3.05) is 23.0 Å². The minimum absolute atomic E-state index is 0.00146. The lowest BCUT2D eigenvalue weighted by molar-refractivity contribution is -0.143. The predicted molar refractivity (Wildman–Crippen MR) is 104 cm³/mol. The number of carbonyl (C=O) groups is 2. The highest BCUT2D eigenvalue weighted by Gasteiger charge is 2.35. The van der Waals surface area contributed by atoms with Crippen LogP contribution in [0.15, 0.2) is 58.7 Å². The molecule has 0 N–H and O–H groups in total. The summed E-state index contributed by atoms with van der Waals surface area (Å²) in [6, 6.07) is 12.9. The van der Waals surface area contributed by atoms with Gasteiger partial charge in [-0.15, -0.1) is 0 Å². The quantitative estimate of drug-likeness (QED) is 0.403. The fourth-order valence-electron chi connectivity index (χ4n) is 3.05. The van der Waals surface area contributed by atoms with Crippen molar-refractivity contribution in [3.63, 3.8) is 0 Å². The summed E-state index contributed by atoms with van der Waals surface area (Å²) >= 11 is 0.